The predicted molar refractivity (Wildman–Crippen MR) is 127 cm³/mol. The van der Waals surface area contributed by atoms with Crippen LogP contribution in [-0.4, -0.2) is 25.5 Å². The van der Waals surface area contributed by atoms with Crippen LogP contribution in [0.5, 0.6) is 17.2 Å². The maximum atomic E-state index is 6.16. The monoisotopic (exact) mass is 487 g/mol. The topological polar surface area (TPSA) is 53.7 Å². The molecular weight excluding hydrogens is 458 g/mol. The van der Waals surface area contributed by atoms with Crippen LogP contribution in [0.1, 0.15) is 45.2 Å². The summed E-state index contributed by atoms with van der Waals surface area (Å²) in [6.07, 6.45) is 4.12. The minimum absolute atomic E-state index is 0.629. The van der Waals surface area contributed by atoms with Gasteiger partial charge in [-0.05, 0) is 59.5 Å². The summed E-state index contributed by atoms with van der Waals surface area (Å²) < 4.78 is 24.1. The quantitative estimate of drug-likeness (QED) is 0.263. The SMILES string of the molecule is CCCCOc1cc(OCCCC)c(-c2onc(C)c2-c2ccc(OC)cc2)cc1Br. The number of nitrogens with zero attached hydrogens (tertiary/aromatic N) is 1. The molecule has 0 N–H and O–H groups in total. The van der Waals surface area contributed by atoms with Gasteiger partial charge in [0.15, 0.2) is 5.76 Å². The zero-order valence-corrected chi connectivity index (χ0v) is 20.3. The molecule has 1 aromatic heterocycles. The Morgan fingerprint density at radius 3 is 2.19 bits per heavy atom. The maximum absolute atomic E-state index is 6.16. The summed E-state index contributed by atoms with van der Waals surface area (Å²) in [4.78, 5) is 0. The normalized spacial score (nSPS) is 10.9. The smallest absolute Gasteiger partial charge is 0.178 e. The molecule has 0 bridgehead atoms. The second-order valence-corrected chi connectivity index (χ2v) is 8.24. The molecule has 0 saturated heterocycles. The van der Waals surface area contributed by atoms with Crippen molar-refractivity contribution >= 4 is 15.9 Å². The van der Waals surface area contributed by atoms with Crippen molar-refractivity contribution in [1.29, 1.82) is 0 Å². The van der Waals surface area contributed by atoms with Crippen LogP contribution in [0.25, 0.3) is 22.5 Å². The van der Waals surface area contributed by atoms with E-state index in [0.29, 0.717) is 19.0 Å². The summed E-state index contributed by atoms with van der Waals surface area (Å²) in [5.74, 6) is 2.98. The Morgan fingerprint density at radius 2 is 1.58 bits per heavy atom. The molecule has 3 aromatic rings. The molecule has 0 atom stereocenters. The van der Waals surface area contributed by atoms with E-state index in [1.807, 2.05) is 43.3 Å². The van der Waals surface area contributed by atoms with Gasteiger partial charge in [0.1, 0.15) is 17.2 Å². The van der Waals surface area contributed by atoms with Crippen LogP contribution in [0.2, 0.25) is 0 Å². The number of aromatic nitrogens is 1. The Labute approximate surface area is 192 Å². The summed E-state index contributed by atoms with van der Waals surface area (Å²) >= 11 is 3.66. The van der Waals surface area contributed by atoms with E-state index < -0.39 is 0 Å². The molecule has 1 heterocycles. The molecule has 0 amide bonds. The van der Waals surface area contributed by atoms with Gasteiger partial charge in [-0.25, -0.2) is 0 Å². The van der Waals surface area contributed by atoms with Crippen molar-refractivity contribution in [3.63, 3.8) is 0 Å². The van der Waals surface area contributed by atoms with Gasteiger partial charge in [-0.2, -0.15) is 0 Å². The molecule has 0 aliphatic heterocycles. The molecule has 0 unspecified atom stereocenters. The van der Waals surface area contributed by atoms with E-state index in [0.717, 1.165) is 69.8 Å². The van der Waals surface area contributed by atoms with Crippen LogP contribution in [0, 0.1) is 6.92 Å². The lowest BCUT2D eigenvalue weighted by atomic mass is 9.99. The maximum Gasteiger partial charge on any atom is 0.178 e. The Morgan fingerprint density at radius 1 is 0.935 bits per heavy atom. The molecule has 6 heteroatoms. The third-order valence-electron chi connectivity index (χ3n) is 5.03. The molecule has 0 fully saturated rings. The minimum Gasteiger partial charge on any atom is -0.497 e. The summed E-state index contributed by atoms with van der Waals surface area (Å²) in [6.45, 7) is 7.54. The van der Waals surface area contributed by atoms with Crippen molar-refractivity contribution in [1.82, 2.24) is 5.16 Å². The fourth-order valence-electron chi connectivity index (χ4n) is 3.25. The van der Waals surface area contributed by atoms with Crippen LogP contribution in [-0.2, 0) is 0 Å². The standard InChI is InChI=1S/C25H30BrNO4/c1-5-7-13-29-22-16-23(30-14-8-6-2)21(26)15-20(22)25-24(17(3)27-31-25)18-9-11-19(28-4)12-10-18/h9-12,15-16H,5-8,13-14H2,1-4H3. The van der Waals surface area contributed by atoms with Gasteiger partial charge in [-0.1, -0.05) is 44.0 Å². The molecule has 0 radical (unpaired) electrons. The third-order valence-corrected chi connectivity index (χ3v) is 5.65. The Hall–Kier alpha value is -2.47. The Bertz CT molecular complexity index is 982. The zero-order chi connectivity index (χ0) is 22.2. The van der Waals surface area contributed by atoms with Crippen molar-refractivity contribution in [3.05, 3.63) is 46.6 Å². The highest BCUT2D eigenvalue weighted by molar-refractivity contribution is 9.10. The fourth-order valence-corrected chi connectivity index (χ4v) is 3.70. The first-order chi connectivity index (χ1) is 15.1. The van der Waals surface area contributed by atoms with E-state index in [-0.39, 0.29) is 0 Å². The van der Waals surface area contributed by atoms with Gasteiger partial charge < -0.3 is 18.7 Å². The van der Waals surface area contributed by atoms with Gasteiger partial charge in [0, 0.05) is 6.07 Å². The highest BCUT2D eigenvalue weighted by Crippen LogP contribution is 2.44. The zero-order valence-electron chi connectivity index (χ0n) is 18.7. The van der Waals surface area contributed by atoms with Crippen molar-refractivity contribution < 1.29 is 18.7 Å². The Kier molecular flexibility index (Phi) is 8.41. The van der Waals surface area contributed by atoms with E-state index in [1.54, 1.807) is 7.11 Å². The van der Waals surface area contributed by atoms with E-state index in [9.17, 15) is 0 Å². The van der Waals surface area contributed by atoms with Crippen LogP contribution in [0.4, 0.5) is 0 Å². The highest BCUT2D eigenvalue weighted by atomic mass is 79.9. The van der Waals surface area contributed by atoms with Crippen LogP contribution < -0.4 is 14.2 Å². The van der Waals surface area contributed by atoms with Gasteiger partial charge >= 0.3 is 0 Å². The van der Waals surface area contributed by atoms with E-state index in [4.69, 9.17) is 18.7 Å². The number of aryl methyl sites for hydroxylation is 1. The van der Waals surface area contributed by atoms with Crippen LogP contribution in [0.15, 0.2) is 45.4 Å². The molecule has 0 aliphatic carbocycles. The lowest BCUT2D eigenvalue weighted by Crippen LogP contribution is -2.02. The van der Waals surface area contributed by atoms with E-state index in [1.165, 1.54) is 0 Å². The Balaban J connectivity index is 2.05. The van der Waals surface area contributed by atoms with Gasteiger partial charge in [0.05, 0.1) is 41.6 Å². The molecule has 0 saturated carbocycles. The van der Waals surface area contributed by atoms with Crippen molar-refractivity contribution in [2.24, 2.45) is 0 Å². The lowest BCUT2D eigenvalue weighted by Gasteiger charge is -2.15. The predicted octanol–water partition coefficient (Wildman–Crippen LogP) is 7.45. The second kappa shape index (κ2) is 11.2. The number of hydrogen-bond donors (Lipinski definition) is 0. The van der Waals surface area contributed by atoms with Gasteiger partial charge in [-0.3, -0.25) is 0 Å². The molecule has 31 heavy (non-hydrogen) atoms. The molecule has 0 spiro atoms. The van der Waals surface area contributed by atoms with Crippen molar-refractivity contribution in [2.45, 2.75) is 46.5 Å². The third kappa shape index (κ3) is 5.62. The van der Waals surface area contributed by atoms with Crippen molar-refractivity contribution in [2.75, 3.05) is 20.3 Å². The molecule has 3 rings (SSSR count). The average Bonchev–Trinajstić information content (AvgIpc) is 3.17. The van der Waals surface area contributed by atoms with Crippen LogP contribution >= 0.6 is 15.9 Å². The number of ether oxygens (including phenoxy) is 3. The summed E-state index contributed by atoms with van der Waals surface area (Å²) in [7, 11) is 1.66. The molecule has 0 aliphatic rings. The number of unbranched alkanes of at least 4 members (excludes halogenated alkanes) is 2. The first kappa shape index (κ1) is 23.2. The number of hydrogen-bond acceptors (Lipinski definition) is 5. The number of rotatable bonds is 11. The van der Waals surface area contributed by atoms with Crippen molar-refractivity contribution in [3.8, 4) is 39.7 Å². The van der Waals surface area contributed by atoms with E-state index in [2.05, 4.69) is 34.9 Å². The number of halogens is 1. The highest BCUT2D eigenvalue weighted by Gasteiger charge is 2.22. The first-order valence-corrected chi connectivity index (χ1v) is 11.6. The average molecular weight is 488 g/mol. The fraction of sp³-hybridized carbons (Fsp3) is 0.400. The summed E-state index contributed by atoms with van der Waals surface area (Å²) in [6, 6.07) is 11.8. The first-order valence-electron chi connectivity index (χ1n) is 10.8. The molecular formula is C25H30BrNO4. The lowest BCUT2D eigenvalue weighted by molar-refractivity contribution is 0.293. The molecule has 166 valence electrons. The molecule has 2 aromatic carbocycles. The van der Waals surface area contributed by atoms with E-state index >= 15 is 0 Å². The van der Waals surface area contributed by atoms with Gasteiger partial charge in [0.2, 0.25) is 0 Å². The second-order valence-electron chi connectivity index (χ2n) is 7.38. The summed E-state index contributed by atoms with van der Waals surface area (Å²) in [5.41, 5.74) is 3.61. The summed E-state index contributed by atoms with van der Waals surface area (Å²) in [5, 5.41) is 4.25. The number of methoxy groups -OCH3 is 1. The minimum atomic E-state index is 0.629. The largest absolute Gasteiger partial charge is 0.497 e. The van der Waals surface area contributed by atoms with Crippen LogP contribution in [0.3, 0.4) is 0 Å². The number of benzene rings is 2. The van der Waals surface area contributed by atoms with Gasteiger partial charge in [0.25, 0.3) is 0 Å². The molecule has 5 nitrogen and oxygen atoms in total. The van der Waals surface area contributed by atoms with Gasteiger partial charge in [-0.15, -0.1) is 0 Å².